The molecule has 7 heteroatoms. The number of aromatic nitrogens is 3. The molecular formula is C17H16N4O3. The third-order valence-corrected chi connectivity index (χ3v) is 3.47. The van der Waals surface area contributed by atoms with Crippen LogP contribution < -0.4 is 11.0 Å². The lowest BCUT2D eigenvalue weighted by Gasteiger charge is -2.03. The second kappa shape index (κ2) is 6.82. The number of phenols is 1. The minimum atomic E-state index is -0.468. The van der Waals surface area contributed by atoms with E-state index in [0.717, 1.165) is 10.2 Å². The number of aromatic hydroxyl groups is 1. The highest BCUT2D eigenvalue weighted by Gasteiger charge is 2.13. The highest BCUT2D eigenvalue weighted by atomic mass is 16.3. The van der Waals surface area contributed by atoms with Crippen LogP contribution in [0.25, 0.3) is 5.69 Å². The second-order valence-corrected chi connectivity index (χ2v) is 5.20. The molecule has 3 rings (SSSR count). The van der Waals surface area contributed by atoms with Gasteiger partial charge in [0, 0.05) is 6.54 Å². The molecule has 0 saturated heterocycles. The van der Waals surface area contributed by atoms with Crippen LogP contribution in [0.1, 0.15) is 16.2 Å². The van der Waals surface area contributed by atoms with E-state index in [0.29, 0.717) is 18.7 Å². The van der Waals surface area contributed by atoms with E-state index in [4.69, 9.17) is 0 Å². The Morgan fingerprint density at radius 1 is 1.12 bits per heavy atom. The number of benzene rings is 2. The first-order valence-electron chi connectivity index (χ1n) is 7.44. The van der Waals surface area contributed by atoms with Crippen LogP contribution in [0, 0.1) is 0 Å². The van der Waals surface area contributed by atoms with E-state index in [2.05, 4.69) is 15.4 Å². The van der Waals surface area contributed by atoms with Gasteiger partial charge in [0.2, 0.25) is 5.82 Å². The highest BCUT2D eigenvalue weighted by molar-refractivity contribution is 5.90. The number of hydrogen-bond acceptors (Lipinski definition) is 4. The predicted molar refractivity (Wildman–Crippen MR) is 88.3 cm³/mol. The van der Waals surface area contributed by atoms with Gasteiger partial charge in [0.25, 0.3) is 5.91 Å². The molecule has 3 N–H and O–H groups in total. The maximum Gasteiger partial charge on any atom is 0.348 e. The van der Waals surface area contributed by atoms with Crippen LogP contribution in [0.4, 0.5) is 0 Å². The molecule has 0 spiro atoms. The van der Waals surface area contributed by atoms with E-state index in [9.17, 15) is 14.7 Å². The standard InChI is InChI=1S/C17H16N4O3/c22-14-8-6-12(7-9-14)10-11-18-16(23)15-19-17(24)21(20-15)13-4-2-1-3-5-13/h1-9,22H,10-11H2,(H,18,23)(H,19,20,24). The molecule has 0 aliphatic carbocycles. The summed E-state index contributed by atoms with van der Waals surface area (Å²) in [5, 5.41) is 16.0. The summed E-state index contributed by atoms with van der Waals surface area (Å²) in [6.45, 7) is 0.393. The number of carbonyl (C=O) groups is 1. The largest absolute Gasteiger partial charge is 0.508 e. The zero-order valence-electron chi connectivity index (χ0n) is 12.8. The molecule has 0 aliphatic rings. The van der Waals surface area contributed by atoms with Crippen LogP contribution in [-0.2, 0) is 6.42 Å². The first kappa shape index (κ1) is 15.5. The van der Waals surface area contributed by atoms with Gasteiger partial charge in [0.15, 0.2) is 0 Å². The van der Waals surface area contributed by atoms with Gasteiger partial charge in [-0.1, -0.05) is 30.3 Å². The maximum atomic E-state index is 12.1. The summed E-state index contributed by atoms with van der Waals surface area (Å²) in [7, 11) is 0. The first-order chi connectivity index (χ1) is 11.6. The predicted octanol–water partition coefficient (Wildman–Crippen LogP) is 1.24. The molecule has 1 amide bonds. The summed E-state index contributed by atoms with van der Waals surface area (Å²) in [5.74, 6) is -0.276. The molecule has 122 valence electrons. The Bertz CT molecular complexity index is 882. The van der Waals surface area contributed by atoms with E-state index in [1.807, 2.05) is 6.07 Å². The monoisotopic (exact) mass is 324 g/mol. The number of aromatic amines is 1. The average molecular weight is 324 g/mol. The number of para-hydroxylation sites is 1. The molecule has 0 atom stereocenters. The third kappa shape index (κ3) is 3.52. The van der Waals surface area contributed by atoms with E-state index in [1.54, 1.807) is 48.5 Å². The van der Waals surface area contributed by atoms with Crippen molar-refractivity contribution in [1.82, 2.24) is 20.1 Å². The molecule has 0 saturated carbocycles. The number of nitrogens with one attached hydrogen (secondary N) is 2. The minimum Gasteiger partial charge on any atom is -0.508 e. The molecule has 0 bridgehead atoms. The molecule has 3 aromatic rings. The van der Waals surface area contributed by atoms with E-state index in [1.165, 1.54) is 0 Å². The SMILES string of the molecule is O=C(NCCc1ccc(O)cc1)c1nn(-c2ccccc2)c(=O)[nH]1. The van der Waals surface area contributed by atoms with Crippen LogP contribution in [0.3, 0.4) is 0 Å². The van der Waals surface area contributed by atoms with Gasteiger partial charge in [-0.15, -0.1) is 5.10 Å². The quantitative estimate of drug-likeness (QED) is 0.657. The summed E-state index contributed by atoms with van der Waals surface area (Å²) in [6, 6.07) is 15.6. The molecule has 0 radical (unpaired) electrons. The Hall–Kier alpha value is -3.35. The van der Waals surface area contributed by atoms with E-state index < -0.39 is 11.6 Å². The van der Waals surface area contributed by atoms with Crippen molar-refractivity contribution in [3.63, 3.8) is 0 Å². The van der Waals surface area contributed by atoms with Crippen LogP contribution in [0.5, 0.6) is 5.75 Å². The number of amides is 1. The van der Waals surface area contributed by atoms with Crippen molar-refractivity contribution in [1.29, 1.82) is 0 Å². The summed E-state index contributed by atoms with van der Waals surface area (Å²) in [5.41, 5.74) is 1.10. The van der Waals surface area contributed by atoms with Gasteiger partial charge in [-0.3, -0.25) is 9.78 Å². The average Bonchev–Trinajstić information content (AvgIpc) is 2.99. The Labute approximate surface area is 137 Å². The van der Waals surface area contributed by atoms with Crippen LogP contribution in [0.2, 0.25) is 0 Å². The Kier molecular flexibility index (Phi) is 4.42. The van der Waals surface area contributed by atoms with Gasteiger partial charge < -0.3 is 10.4 Å². The van der Waals surface area contributed by atoms with Crippen molar-refractivity contribution < 1.29 is 9.90 Å². The first-order valence-corrected chi connectivity index (χ1v) is 7.44. The minimum absolute atomic E-state index is 0.0328. The summed E-state index contributed by atoms with van der Waals surface area (Å²) < 4.78 is 1.15. The number of rotatable bonds is 5. The molecule has 24 heavy (non-hydrogen) atoms. The number of phenolic OH excluding ortho intramolecular Hbond substituents is 1. The summed E-state index contributed by atoms with van der Waals surface area (Å²) in [4.78, 5) is 26.5. The van der Waals surface area contributed by atoms with Crippen molar-refractivity contribution in [3.8, 4) is 11.4 Å². The zero-order valence-corrected chi connectivity index (χ0v) is 12.8. The lowest BCUT2D eigenvalue weighted by molar-refractivity contribution is 0.0944. The zero-order chi connectivity index (χ0) is 16.9. The van der Waals surface area contributed by atoms with Crippen LogP contribution in [-0.4, -0.2) is 32.3 Å². The van der Waals surface area contributed by atoms with Gasteiger partial charge in [-0.25, -0.2) is 4.79 Å². The summed E-state index contributed by atoms with van der Waals surface area (Å²) in [6.07, 6.45) is 0.607. The number of H-pyrrole nitrogens is 1. The van der Waals surface area contributed by atoms with Crippen molar-refractivity contribution in [2.75, 3.05) is 6.54 Å². The van der Waals surface area contributed by atoms with Gasteiger partial charge in [0.1, 0.15) is 5.75 Å². The fraction of sp³-hybridized carbons (Fsp3) is 0.118. The van der Waals surface area contributed by atoms with Gasteiger partial charge in [-0.2, -0.15) is 4.68 Å². The van der Waals surface area contributed by atoms with E-state index in [-0.39, 0.29) is 11.6 Å². The topological polar surface area (TPSA) is 100 Å². The maximum absolute atomic E-state index is 12.1. The van der Waals surface area contributed by atoms with Crippen molar-refractivity contribution in [2.45, 2.75) is 6.42 Å². The van der Waals surface area contributed by atoms with Crippen molar-refractivity contribution >= 4 is 5.91 Å². The van der Waals surface area contributed by atoms with Gasteiger partial charge in [-0.05, 0) is 36.2 Å². The fourth-order valence-corrected chi connectivity index (χ4v) is 2.24. The lowest BCUT2D eigenvalue weighted by Crippen LogP contribution is -2.27. The molecule has 2 aromatic carbocycles. The molecular weight excluding hydrogens is 308 g/mol. The van der Waals surface area contributed by atoms with Gasteiger partial charge >= 0.3 is 5.69 Å². The third-order valence-electron chi connectivity index (χ3n) is 3.47. The molecule has 0 unspecified atom stereocenters. The summed E-state index contributed by atoms with van der Waals surface area (Å²) >= 11 is 0. The number of nitrogens with zero attached hydrogens (tertiary/aromatic N) is 2. The van der Waals surface area contributed by atoms with Crippen molar-refractivity contribution in [3.05, 3.63) is 76.5 Å². The second-order valence-electron chi connectivity index (χ2n) is 5.20. The normalized spacial score (nSPS) is 10.5. The van der Waals surface area contributed by atoms with Crippen molar-refractivity contribution in [2.24, 2.45) is 0 Å². The van der Waals surface area contributed by atoms with Gasteiger partial charge in [0.05, 0.1) is 5.69 Å². The number of carbonyl (C=O) groups excluding carboxylic acids is 1. The number of hydrogen-bond donors (Lipinski definition) is 3. The molecule has 0 aliphatic heterocycles. The fourth-order valence-electron chi connectivity index (χ4n) is 2.24. The Morgan fingerprint density at radius 2 is 1.83 bits per heavy atom. The molecule has 0 fully saturated rings. The van der Waals surface area contributed by atoms with E-state index >= 15 is 0 Å². The lowest BCUT2D eigenvalue weighted by atomic mass is 10.1. The molecule has 1 heterocycles. The Morgan fingerprint density at radius 3 is 2.54 bits per heavy atom. The van der Waals surface area contributed by atoms with Crippen LogP contribution in [0.15, 0.2) is 59.4 Å². The molecule has 1 aromatic heterocycles. The highest BCUT2D eigenvalue weighted by Crippen LogP contribution is 2.09. The molecule has 7 nitrogen and oxygen atoms in total. The smallest absolute Gasteiger partial charge is 0.348 e. The Balaban J connectivity index is 1.63. The van der Waals surface area contributed by atoms with Crippen LogP contribution >= 0.6 is 0 Å².